The molecule has 0 saturated heterocycles. The summed E-state index contributed by atoms with van der Waals surface area (Å²) in [5.74, 6) is -0.218. The molecule has 0 aliphatic heterocycles. The minimum absolute atomic E-state index is 0.0790. The lowest BCUT2D eigenvalue weighted by Crippen LogP contribution is -2.33. The summed E-state index contributed by atoms with van der Waals surface area (Å²) in [6.45, 7) is 0.483. The summed E-state index contributed by atoms with van der Waals surface area (Å²) in [4.78, 5) is 27.6. The van der Waals surface area contributed by atoms with Gasteiger partial charge >= 0.3 is 0 Å². The van der Waals surface area contributed by atoms with Crippen molar-refractivity contribution in [3.63, 3.8) is 0 Å². The third kappa shape index (κ3) is 4.22. The molecule has 0 unspecified atom stereocenters. The quantitative estimate of drug-likeness (QED) is 0.529. The van der Waals surface area contributed by atoms with E-state index < -0.39 is 0 Å². The number of hydrogen-bond donors (Lipinski definition) is 2. The van der Waals surface area contributed by atoms with Crippen LogP contribution in [0.3, 0.4) is 0 Å². The molecule has 2 aromatic carbocycles. The largest absolute Gasteiger partial charge is 0.355 e. The van der Waals surface area contributed by atoms with Gasteiger partial charge in [0.2, 0.25) is 5.91 Å². The predicted octanol–water partition coefficient (Wildman–Crippen LogP) is 2.81. The number of aromatic nitrogens is 2. The molecule has 0 fully saturated rings. The average molecular weight is 353 g/mol. The van der Waals surface area contributed by atoms with Crippen molar-refractivity contribution in [1.82, 2.24) is 14.9 Å². The number of amides is 1. The fourth-order valence-corrected chi connectivity index (χ4v) is 2.96. The molecular weight excluding hydrogens is 334 g/mol. The molecule has 0 aliphatic rings. The minimum atomic E-state index is -0.251. The Bertz CT molecular complexity index is 993. The normalized spacial score (nSPS) is 10.7. The maximum absolute atomic E-state index is 12.5. The van der Waals surface area contributed by atoms with Gasteiger partial charge in [0.1, 0.15) is 6.54 Å². The molecule has 25 heavy (non-hydrogen) atoms. The molecule has 6 heteroatoms. The van der Waals surface area contributed by atoms with Crippen molar-refractivity contribution in [2.24, 2.45) is 0 Å². The van der Waals surface area contributed by atoms with Gasteiger partial charge in [-0.05, 0) is 42.8 Å². The van der Waals surface area contributed by atoms with Gasteiger partial charge in [-0.15, -0.1) is 0 Å². The fourth-order valence-electron chi connectivity index (χ4n) is 2.71. The van der Waals surface area contributed by atoms with E-state index in [1.807, 2.05) is 24.3 Å². The van der Waals surface area contributed by atoms with Gasteiger partial charge in [-0.3, -0.25) is 14.2 Å². The van der Waals surface area contributed by atoms with Gasteiger partial charge in [0.25, 0.3) is 5.56 Å². The highest BCUT2D eigenvalue weighted by Crippen LogP contribution is 2.06. The molecule has 0 aliphatic carbocycles. The molecule has 1 heterocycles. The van der Waals surface area contributed by atoms with Crippen LogP contribution in [0.25, 0.3) is 10.9 Å². The van der Waals surface area contributed by atoms with E-state index in [0.717, 1.165) is 12.8 Å². The number of benzene rings is 2. The third-order valence-electron chi connectivity index (χ3n) is 4.00. The topological polar surface area (TPSA) is 66.9 Å². The molecule has 128 valence electrons. The maximum Gasteiger partial charge on any atom is 0.262 e. The van der Waals surface area contributed by atoms with Crippen LogP contribution in [0.5, 0.6) is 0 Å². The molecule has 0 spiro atoms. The second kappa shape index (κ2) is 7.90. The Morgan fingerprint density at radius 1 is 1.08 bits per heavy atom. The van der Waals surface area contributed by atoms with E-state index in [1.165, 1.54) is 10.1 Å². The first-order chi connectivity index (χ1) is 12.1. The van der Waals surface area contributed by atoms with Crippen LogP contribution in [-0.4, -0.2) is 22.0 Å². The van der Waals surface area contributed by atoms with Gasteiger partial charge in [0, 0.05) is 6.54 Å². The lowest BCUT2D eigenvalue weighted by atomic mass is 10.1. The van der Waals surface area contributed by atoms with E-state index >= 15 is 0 Å². The zero-order chi connectivity index (χ0) is 17.6. The van der Waals surface area contributed by atoms with Crippen molar-refractivity contribution < 1.29 is 4.79 Å². The zero-order valence-corrected chi connectivity index (χ0v) is 14.5. The van der Waals surface area contributed by atoms with E-state index in [1.54, 1.807) is 18.2 Å². The Hall–Kier alpha value is -2.73. The highest BCUT2D eigenvalue weighted by atomic mass is 32.1. The number of rotatable bonds is 6. The highest BCUT2D eigenvalue weighted by Gasteiger charge is 2.09. The van der Waals surface area contributed by atoms with E-state index in [0.29, 0.717) is 17.4 Å². The lowest BCUT2D eigenvalue weighted by molar-refractivity contribution is -0.121. The summed E-state index contributed by atoms with van der Waals surface area (Å²) < 4.78 is 1.55. The first kappa shape index (κ1) is 17.1. The first-order valence-corrected chi connectivity index (χ1v) is 8.58. The zero-order valence-electron chi connectivity index (χ0n) is 13.7. The first-order valence-electron chi connectivity index (χ1n) is 8.17. The fraction of sp³-hybridized carbons (Fsp3) is 0.211. The van der Waals surface area contributed by atoms with E-state index in [-0.39, 0.29) is 22.8 Å². The summed E-state index contributed by atoms with van der Waals surface area (Å²) in [5, 5.41) is 3.37. The average Bonchev–Trinajstić information content (AvgIpc) is 2.63. The number of aromatic amines is 1. The number of nitrogens with one attached hydrogen (secondary N) is 2. The van der Waals surface area contributed by atoms with Crippen LogP contribution < -0.4 is 10.9 Å². The van der Waals surface area contributed by atoms with Crippen molar-refractivity contribution in [2.45, 2.75) is 19.4 Å². The van der Waals surface area contributed by atoms with E-state index in [2.05, 4.69) is 22.4 Å². The molecule has 0 bridgehead atoms. The van der Waals surface area contributed by atoms with Crippen LogP contribution >= 0.6 is 12.2 Å². The van der Waals surface area contributed by atoms with Gasteiger partial charge in [0.05, 0.1) is 10.9 Å². The van der Waals surface area contributed by atoms with Crippen molar-refractivity contribution in [3.05, 3.63) is 75.3 Å². The number of para-hydroxylation sites is 1. The molecule has 5 nitrogen and oxygen atoms in total. The van der Waals surface area contributed by atoms with Crippen LogP contribution in [0.15, 0.2) is 59.4 Å². The Labute approximate surface area is 150 Å². The summed E-state index contributed by atoms with van der Waals surface area (Å²) >= 11 is 5.21. The number of hydrogen-bond acceptors (Lipinski definition) is 3. The summed E-state index contributed by atoms with van der Waals surface area (Å²) in [5.41, 5.74) is 1.67. The number of fused-ring (bicyclic) bond motifs is 1. The SMILES string of the molecule is O=C(Cn1c(=S)[nH]c2ccccc2c1=O)NCCCc1ccccc1. The van der Waals surface area contributed by atoms with Gasteiger partial charge in [0.15, 0.2) is 4.77 Å². The molecule has 3 rings (SSSR count). The molecule has 0 saturated carbocycles. The van der Waals surface area contributed by atoms with Crippen LogP contribution in [0, 0.1) is 4.77 Å². The van der Waals surface area contributed by atoms with Crippen LogP contribution in [0.4, 0.5) is 0 Å². The van der Waals surface area contributed by atoms with Crippen LogP contribution in [0.1, 0.15) is 12.0 Å². The summed E-state index contributed by atoms with van der Waals surface area (Å²) in [6, 6.07) is 17.2. The number of nitrogens with zero attached hydrogens (tertiary/aromatic N) is 1. The second-order valence-corrected chi connectivity index (χ2v) is 6.19. The summed E-state index contributed by atoms with van der Waals surface area (Å²) in [6.07, 6.45) is 1.74. The molecule has 2 N–H and O–H groups in total. The molecule has 3 aromatic rings. The number of H-pyrrole nitrogens is 1. The van der Waals surface area contributed by atoms with Crippen molar-refractivity contribution in [2.75, 3.05) is 6.54 Å². The predicted molar refractivity (Wildman–Crippen MR) is 101 cm³/mol. The molecule has 1 amide bonds. The Morgan fingerprint density at radius 3 is 2.60 bits per heavy atom. The number of carbonyl (C=O) groups is 1. The second-order valence-electron chi connectivity index (χ2n) is 5.81. The van der Waals surface area contributed by atoms with Gasteiger partial charge in [-0.25, -0.2) is 0 Å². The Kier molecular flexibility index (Phi) is 5.40. The molecule has 1 aromatic heterocycles. The van der Waals surface area contributed by atoms with Crippen LogP contribution in [0.2, 0.25) is 0 Å². The van der Waals surface area contributed by atoms with Crippen molar-refractivity contribution >= 4 is 29.0 Å². The minimum Gasteiger partial charge on any atom is -0.355 e. The molecule has 0 atom stereocenters. The number of carbonyl (C=O) groups excluding carboxylic acids is 1. The maximum atomic E-state index is 12.5. The van der Waals surface area contributed by atoms with E-state index in [4.69, 9.17) is 12.2 Å². The van der Waals surface area contributed by atoms with E-state index in [9.17, 15) is 9.59 Å². The van der Waals surface area contributed by atoms with Crippen LogP contribution in [-0.2, 0) is 17.8 Å². The highest BCUT2D eigenvalue weighted by molar-refractivity contribution is 7.71. The van der Waals surface area contributed by atoms with Crippen molar-refractivity contribution in [1.29, 1.82) is 0 Å². The molecular formula is C19H19N3O2S. The Balaban J connectivity index is 1.60. The van der Waals surface area contributed by atoms with Gasteiger partial charge in [-0.1, -0.05) is 42.5 Å². The van der Waals surface area contributed by atoms with Gasteiger partial charge < -0.3 is 10.3 Å². The van der Waals surface area contributed by atoms with Gasteiger partial charge in [-0.2, -0.15) is 0 Å². The monoisotopic (exact) mass is 353 g/mol. The lowest BCUT2D eigenvalue weighted by Gasteiger charge is -2.09. The third-order valence-corrected chi connectivity index (χ3v) is 4.32. The summed E-state index contributed by atoms with van der Waals surface area (Å²) in [7, 11) is 0. The molecule has 0 radical (unpaired) electrons. The smallest absolute Gasteiger partial charge is 0.262 e. The number of aryl methyl sites for hydroxylation is 1. The Morgan fingerprint density at radius 2 is 1.80 bits per heavy atom. The standard InChI is InChI=1S/C19H19N3O2S/c23-17(20-12-6-9-14-7-2-1-3-8-14)13-22-18(24)15-10-4-5-11-16(15)21-19(22)25/h1-5,7-8,10-11H,6,9,12-13H2,(H,20,23)(H,21,25). The van der Waals surface area contributed by atoms with Crippen molar-refractivity contribution in [3.8, 4) is 0 Å².